The number of hydrogen-bond donors (Lipinski definition) is 1. The van der Waals surface area contributed by atoms with Crippen molar-refractivity contribution in [2.24, 2.45) is 36.1 Å². The lowest BCUT2D eigenvalue weighted by Crippen LogP contribution is -2.57. The molecule has 7 rings (SSSR count). The zero-order valence-electron chi connectivity index (χ0n) is 19.3. The second kappa shape index (κ2) is 7.61. The number of amides is 2. The van der Waals surface area contributed by atoms with E-state index < -0.39 is 0 Å². The molecule has 2 aromatic rings. The number of thiophene rings is 1. The molecule has 4 saturated carbocycles. The van der Waals surface area contributed by atoms with Gasteiger partial charge in [0, 0.05) is 32.1 Å². The Hall–Kier alpha value is -1.82. The van der Waals surface area contributed by atoms with E-state index in [2.05, 4.69) is 23.7 Å². The number of carbonyl (C=O) groups excluding carboxylic acids is 2. The second-order valence-corrected chi connectivity index (χ2v) is 12.3. The third-order valence-electron chi connectivity index (χ3n) is 9.40. The number of aryl methyl sites for hydroxylation is 1. The van der Waals surface area contributed by atoms with Crippen LogP contribution in [0.2, 0.25) is 0 Å². The molecule has 0 spiro atoms. The lowest BCUT2D eigenvalue weighted by Gasteiger charge is -2.59. The van der Waals surface area contributed by atoms with E-state index in [0.29, 0.717) is 18.5 Å². The van der Waals surface area contributed by atoms with Crippen molar-refractivity contribution in [1.29, 1.82) is 0 Å². The minimum absolute atomic E-state index is 0.0346. The van der Waals surface area contributed by atoms with Crippen molar-refractivity contribution < 1.29 is 9.59 Å². The van der Waals surface area contributed by atoms with Gasteiger partial charge in [-0.05, 0) is 99.0 Å². The predicted molar refractivity (Wildman–Crippen MR) is 128 cm³/mol. The first kappa shape index (κ1) is 20.8. The standard InChI is InChI=1S/C26H35N3O2S/c1-16(26-13-17-9-18(14-26)11-19(10-17)15-26)27-24(30)20-3-6-29(7-4-20)25(31)22-12-23-21(28(22)2)5-8-32-23/h5,8,12,16-20H,3-4,6-7,9-11,13-15H2,1-2H3,(H,27,30)/t16-,17?,18?,19?,26?/m0/s1. The fourth-order valence-electron chi connectivity index (χ4n) is 7.95. The van der Waals surface area contributed by atoms with Crippen LogP contribution < -0.4 is 5.32 Å². The Kier molecular flexibility index (Phi) is 4.94. The Morgan fingerprint density at radius 1 is 1.09 bits per heavy atom. The molecule has 0 radical (unpaired) electrons. The van der Waals surface area contributed by atoms with Crippen LogP contribution >= 0.6 is 11.3 Å². The molecule has 5 fully saturated rings. The smallest absolute Gasteiger partial charge is 0.270 e. The van der Waals surface area contributed by atoms with Gasteiger partial charge < -0.3 is 14.8 Å². The summed E-state index contributed by atoms with van der Waals surface area (Å²) in [5.74, 6) is 3.07. The van der Waals surface area contributed by atoms with E-state index in [0.717, 1.165) is 46.5 Å². The van der Waals surface area contributed by atoms with E-state index >= 15 is 0 Å². The largest absolute Gasteiger partial charge is 0.353 e. The second-order valence-electron chi connectivity index (χ2n) is 11.3. The molecule has 1 atom stereocenters. The van der Waals surface area contributed by atoms with E-state index in [-0.39, 0.29) is 23.8 Å². The van der Waals surface area contributed by atoms with Gasteiger partial charge in [-0.3, -0.25) is 9.59 Å². The van der Waals surface area contributed by atoms with Crippen LogP contribution in [0, 0.1) is 29.1 Å². The lowest BCUT2D eigenvalue weighted by molar-refractivity contribution is -0.131. The van der Waals surface area contributed by atoms with Crippen molar-refractivity contribution in [3.63, 3.8) is 0 Å². The van der Waals surface area contributed by atoms with Crippen molar-refractivity contribution >= 4 is 33.4 Å². The van der Waals surface area contributed by atoms with E-state index in [9.17, 15) is 9.59 Å². The number of likely N-dealkylation sites (tertiary alicyclic amines) is 1. The number of nitrogens with one attached hydrogen (secondary N) is 1. The first-order chi connectivity index (χ1) is 15.4. The van der Waals surface area contributed by atoms with Gasteiger partial charge >= 0.3 is 0 Å². The van der Waals surface area contributed by atoms with E-state index in [1.165, 1.54) is 38.5 Å². The molecule has 5 aliphatic rings. The molecule has 3 heterocycles. The highest BCUT2D eigenvalue weighted by Gasteiger charge is 2.53. The van der Waals surface area contributed by atoms with Crippen LogP contribution in [-0.2, 0) is 11.8 Å². The monoisotopic (exact) mass is 453 g/mol. The molecule has 4 bridgehead atoms. The molecule has 4 aliphatic carbocycles. The molecule has 0 aromatic carbocycles. The maximum Gasteiger partial charge on any atom is 0.270 e. The summed E-state index contributed by atoms with van der Waals surface area (Å²) < 4.78 is 3.16. The fourth-order valence-corrected chi connectivity index (χ4v) is 8.80. The van der Waals surface area contributed by atoms with Crippen LogP contribution in [-0.4, -0.2) is 40.4 Å². The van der Waals surface area contributed by atoms with Gasteiger partial charge in [0.25, 0.3) is 5.91 Å². The molecular formula is C26H35N3O2S. The summed E-state index contributed by atoms with van der Waals surface area (Å²) in [7, 11) is 1.97. The van der Waals surface area contributed by atoms with Gasteiger partial charge in [-0.1, -0.05) is 0 Å². The van der Waals surface area contributed by atoms with Gasteiger partial charge in [0.05, 0.1) is 10.2 Å². The van der Waals surface area contributed by atoms with Gasteiger partial charge in [-0.15, -0.1) is 11.3 Å². The summed E-state index contributed by atoms with van der Waals surface area (Å²) in [6.45, 7) is 3.60. The predicted octanol–water partition coefficient (Wildman–Crippen LogP) is 4.81. The van der Waals surface area contributed by atoms with Crippen molar-refractivity contribution in [1.82, 2.24) is 14.8 Å². The first-order valence-corrected chi connectivity index (χ1v) is 13.4. The Bertz CT molecular complexity index is 1010. The Morgan fingerprint density at radius 3 is 2.31 bits per heavy atom. The molecule has 5 nitrogen and oxygen atoms in total. The third kappa shape index (κ3) is 3.32. The molecule has 2 aromatic heterocycles. The van der Waals surface area contributed by atoms with Crippen LogP contribution in [0.4, 0.5) is 0 Å². The van der Waals surface area contributed by atoms with E-state index in [1.54, 1.807) is 11.3 Å². The summed E-state index contributed by atoms with van der Waals surface area (Å²) in [5.41, 5.74) is 2.22. The minimum atomic E-state index is 0.0346. The topological polar surface area (TPSA) is 54.3 Å². The third-order valence-corrected chi connectivity index (χ3v) is 10.3. The van der Waals surface area contributed by atoms with Crippen molar-refractivity contribution in [2.75, 3.05) is 13.1 Å². The van der Waals surface area contributed by atoms with Crippen LogP contribution in [0.15, 0.2) is 17.5 Å². The number of fused-ring (bicyclic) bond motifs is 1. The van der Waals surface area contributed by atoms with Gasteiger partial charge in [-0.2, -0.15) is 0 Å². The maximum absolute atomic E-state index is 13.2. The summed E-state index contributed by atoms with van der Waals surface area (Å²) in [4.78, 5) is 28.2. The molecule has 2 amide bonds. The van der Waals surface area contributed by atoms with Crippen LogP contribution in [0.1, 0.15) is 68.8 Å². The number of aromatic nitrogens is 1. The number of carbonyl (C=O) groups is 2. The minimum Gasteiger partial charge on any atom is -0.353 e. The van der Waals surface area contributed by atoms with Crippen molar-refractivity contribution in [3.8, 4) is 0 Å². The van der Waals surface area contributed by atoms with Crippen molar-refractivity contribution in [3.05, 3.63) is 23.2 Å². The maximum atomic E-state index is 13.2. The van der Waals surface area contributed by atoms with Gasteiger partial charge in [0.1, 0.15) is 5.69 Å². The fraction of sp³-hybridized carbons (Fsp3) is 0.692. The average Bonchev–Trinajstić information content (AvgIpc) is 3.35. The van der Waals surface area contributed by atoms with Crippen LogP contribution in [0.5, 0.6) is 0 Å². The normalized spacial score (nSPS) is 33.1. The van der Waals surface area contributed by atoms with E-state index in [1.807, 2.05) is 22.6 Å². The molecule has 172 valence electrons. The highest BCUT2D eigenvalue weighted by Crippen LogP contribution is 2.61. The van der Waals surface area contributed by atoms with Crippen molar-refractivity contribution in [2.45, 2.75) is 64.3 Å². The highest BCUT2D eigenvalue weighted by atomic mass is 32.1. The molecular weight excluding hydrogens is 418 g/mol. The van der Waals surface area contributed by atoms with Crippen LogP contribution in [0.3, 0.4) is 0 Å². The first-order valence-electron chi connectivity index (χ1n) is 12.5. The zero-order chi connectivity index (χ0) is 22.0. The molecule has 1 aliphatic heterocycles. The number of nitrogens with zero attached hydrogens (tertiary/aromatic N) is 2. The number of rotatable bonds is 4. The van der Waals surface area contributed by atoms with Gasteiger partial charge in [-0.25, -0.2) is 0 Å². The Labute approximate surface area is 194 Å². The number of piperidine rings is 1. The van der Waals surface area contributed by atoms with Gasteiger partial charge in [0.2, 0.25) is 5.91 Å². The summed E-state index contributed by atoms with van der Waals surface area (Å²) in [6.07, 6.45) is 9.81. The summed E-state index contributed by atoms with van der Waals surface area (Å²) in [6, 6.07) is 4.35. The molecule has 1 N–H and O–H groups in total. The molecule has 32 heavy (non-hydrogen) atoms. The summed E-state index contributed by atoms with van der Waals surface area (Å²) >= 11 is 1.67. The molecule has 6 heteroatoms. The highest BCUT2D eigenvalue weighted by molar-refractivity contribution is 7.17. The summed E-state index contributed by atoms with van der Waals surface area (Å²) in [5, 5.41) is 5.52. The molecule has 1 saturated heterocycles. The zero-order valence-corrected chi connectivity index (χ0v) is 20.1. The Morgan fingerprint density at radius 2 is 1.72 bits per heavy atom. The lowest BCUT2D eigenvalue weighted by atomic mass is 9.48. The van der Waals surface area contributed by atoms with E-state index in [4.69, 9.17) is 0 Å². The number of hydrogen-bond acceptors (Lipinski definition) is 3. The SMILES string of the molecule is C[C@H](NC(=O)C1CCN(C(=O)c2cc3sccc3n2C)CC1)C12CC3CC(CC(C3)C1)C2. The quantitative estimate of drug-likeness (QED) is 0.722. The average molecular weight is 454 g/mol. The molecule has 0 unspecified atom stereocenters. The van der Waals surface area contributed by atoms with Gasteiger partial charge in [0.15, 0.2) is 0 Å². The van der Waals surface area contributed by atoms with Crippen LogP contribution in [0.25, 0.3) is 10.2 Å². The Balaban J connectivity index is 1.06.